The molecule has 1 saturated carbocycles. The predicted octanol–water partition coefficient (Wildman–Crippen LogP) is 1.16. The third-order valence-electron chi connectivity index (χ3n) is 3.37. The molecule has 0 aliphatic heterocycles. The minimum absolute atomic E-state index is 0.209. The molecule has 2 unspecified atom stereocenters. The highest BCUT2D eigenvalue weighted by Crippen LogP contribution is 2.37. The Hall–Kier alpha value is -0.260. The maximum atomic E-state index is 11.9. The van der Waals surface area contributed by atoms with Gasteiger partial charge in [-0.1, -0.05) is 6.42 Å². The Labute approximate surface area is 107 Å². The quantitative estimate of drug-likeness (QED) is 0.531. The molecule has 0 bridgehead atoms. The van der Waals surface area contributed by atoms with Crippen LogP contribution in [0.5, 0.6) is 0 Å². The summed E-state index contributed by atoms with van der Waals surface area (Å²) in [5.74, 6) is 1.69. The zero-order chi connectivity index (χ0) is 12.7. The molecule has 1 aliphatic carbocycles. The van der Waals surface area contributed by atoms with Gasteiger partial charge in [-0.3, -0.25) is 4.79 Å². The average Bonchev–Trinajstić information content (AvgIpc) is 2.68. The number of nitrogens with two attached hydrogens (primary N) is 1. The summed E-state index contributed by atoms with van der Waals surface area (Å²) in [5, 5.41) is 8.70. The highest BCUT2D eigenvalue weighted by atomic mass is 32.2. The molecule has 4 nitrogen and oxygen atoms in total. The smallest absolute Gasteiger partial charge is 0.326 e. The van der Waals surface area contributed by atoms with Crippen molar-refractivity contribution in [2.75, 3.05) is 24.7 Å². The summed E-state index contributed by atoms with van der Waals surface area (Å²) in [7, 11) is 0. The lowest BCUT2D eigenvalue weighted by atomic mass is 9.86. The van der Waals surface area contributed by atoms with Gasteiger partial charge in [-0.25, -0.2) is 0 Å². The van der Waals surface area contributed by atoms with Gasteiger partial charge >= 0.3 is 5.97 Å². The molecule has 1 fully saturated rings. The van der Waals surface area contributed by atoms with E-state index < -0.39 is 5.54 Å². The molecule has 0 aromatic carbocycles. The second-order valence-corrected chi connectivity index (χ2v) is 5.70. The third-order valence-corrected chi connectivity index (χ3v) is 4.37. The molecule has 0 aromatic rings. The van der Waals surface area contributed by atoms with Gasteiger partial charge < -0.3 is 15.6 Å². The maximum absolute atomic E-state index is 11.9. The van der Waals surface area contributed by atoms with Crippen molar-refractivity contribution < 1.29 is 14.6 Å². The number of carbonyl (C=O) groups is 1. The van der Waals surface area contributed by atoms with E-state index in [2.05, 4.69) is 0 Å². The zero-order valence-electron chi connectivity index (χ0n) is 10.5. The molecule has 0 amide bonds. The van der Waals surface area contributed by atoms with Crippen LogP contribution < -0.4 is 5.73 Å². The highest BCUT2D eigenvalue weighted by molar-refractivity contribution is 7.99. The molecule has 17 heavy (non-hydrogen) atoms. The summed E-state index contributed by atoms with van der Waals surface area (Å²) in [6, 6.07) is 0. The van der Waals surface area contributed by atoms with E-state index in [1.54, 1.807) is 11.8 Å². The van der Waals surface area contributed by atoms with Gasteiger partial charge in [0, 0.05) is 5.75 Å². The monoisotopic (exact) mass is 261 g/mol. The summed E-state index contributed by atoms with van der Waals surface area (Å²) >= 11 is 1.71. The molecule has 0 spiro atoms. The standard InChI is InChI=1S/C12H23NO3S/c1-2-16-11(15)12(13)6-3-4-10(12)5-8-17-9-7-14/h10,14H,2-9,13H2,1H3. The van der Waals surface area contributed by atoms with Crippen molar-refractivity contribution >= 4 is 17.7 Å². The van der Waals surface area contributed by atoms with Gasteiger partial charge in [-0.05, 0) is 37.9 Å². The molecule has 3 N–H and O–H groups in total. The van der Waals surface area contributed by atoms with E-state index in [0.717, 1.165) is 37.2 Å². The summed E-state index contributed by atoms with van der Waals surface area (Å²) in [6.45, 7) is 2.41. The van der Waals surface area contributed by atoms with Gasteiger partial charge in [-0.15, -0.1) is 0 Å². The van der Waals surface area contributed by atoms with Crippen LogP contribution in [0.4, 0.5) is 0 Å². The second kappa shape index (κ2) is 7.24. The molecule has 0 radical (unpaired) electrons. The fourth-order valence-corrected chi connectivity index (χ4v) is 3.22. The first kappa shape index (κ1) is 14.8. The Bertz CT molecular complexity index is 250. The Balaban J connectivity index is 2.44. The van der Waals surface area contributed by atoms with Gasteiger partial charge in [0.2, 0.25) is 0 Å². The fraction of sp³-hybridized carbons (Fsp3) is 0.917. The van der Waals surface area contributed by atoms with E-state index in [0.29, 0.717) is 6.61 Å². The molecule has 2 atom stereocenters. The van der Waals surface area contributed by atoms with Crippen LogP contribution in [-0.4, -0.2) is 41.3 Å². The minimum Gasteiger partial charge on any atom is -0.465 e. The van der Waals surface area contributed by atoms with Gasteiger partial charge in [0.15, 0.2) is 0 Å². The first-order valence-electron chi connectivity index (χ1n) is 6.30. The van der Waals surface area contributed by atoms with Crippen LogP contribution in [0.25, 0.3) is 0 Å². The Morgan fingerprint density at radius 2 is 2.35 bits per heavy atom. The number of rotatable bonds is 7. The lowest BCUT2D eigenvalue weighted by Gasteiger charge is -2.28. The van der Waals surface area contributed by atoms with E-state index in [-0.39, 0.29) is 18.5 Å². The molecule has 5 heteroatoms. The maximum Gasteiger partial charge on any atom is 0.326 e. The SMILES string of the molecule is CCOC(=O)C1(N)CCCC1CCSCCO. The molecule has 0 saturated heterocycles. The highest BCUT2D eigenvalue weighted by Gasteiger charge is 2.46. The average molecular weight is 261 g/mol. The van der Waals surface area contributed by atoms with E-state index in [1.807, 2.05) is 6.92 Å². The Morgan fingerprint density at radius 3 is 3.00 bits per heavy atom. The predicted molar refractivity (Wildman–Crippen MR) is 69.9 cm³/mol. The molecule has 1 rings (SSSR count). The molecule has 100 valence electrons. The van der Waals surface area contributed by atoms with Crippen molar-refractivity contribution in [3.63, 3.8) is 0 Å². The number of carbonyl (C=O) groups excluding carboxylic acids is 1. The Morgan fingerprint density at radius 1 is 1.59 bits per heavy atom. The van der Waals surface area contributed by atoms with E-state index >= 15 is 0 Å². The molecule has 0 aromatic heterocycles. The molecular formula is C12H23NO3S. The van der Waals surface area contributed by atoms with Crippen molar-refractivity contribution in [2.24, 2.45) is 11.7 Å². The van der Waals surface area contributed by atoms with E-state index in [1.165, 1.54) is 0 Å². The first-order valence-corrected chi connectivity index (χ1v) is 7.45. The summed E-state index contributed by atoms with van der Waals surface area (Å²) in [5.41, 5.74) is 5.45. The fourth-order valence-electron chi connectivity index (χ4n) is 2.43. The number of thioether (sulfide) groups is 1. The first-order chi connectivity index (χ1) is 8.15. The van der Waals surface area contributed by atoms with Crippen molar-refractivity contribution in [1.82, 2.24) is 0 Å². The third kappa shape index (κ3) is 3.86. The van der Waals surface area contributed by atoms with E-state index in [9.17, 15) is 4.79 Å². The number of esters is 1. The molecule has 0 heterocycles. The second-order valence-electron chi connectivity index (χ2n) is 4.47. The van der Waals surface area contributed by atoms with Crippen LogP contribution in [0.1, 0.15) is 32.6 Å². The van der Waals surface area contributed by atoms with Crippen LogP contribution in [0, 0.1) is 5.92 Å². The van der Waals surface area contributed by atoms with Crippen LogP contribution in [0.2, 0.25) is 0 Å². The van der Waals surface area contributed by atoms with Gasteiger partial charge in [0.1, 0.15) is 5.54 Å². The summed E-state index contributed by atoms with van der Waals surface area (Å²) in [6.07, 6.45) is 3.68. The van der Waals surface area contributed by atoms with Gasteiger partial charge in [0.05, 0.1) is 13.2 Å². The topological polar surface area (TPSA) is 72.5 Å². The van der Waals surface area contributed by atoms with E-state index in [4.69, 9.17) is 15.6 Å². The van der Waals surface area contributed by atoms with Crippen LogP contribution in [-0.2, 0) is 9.53 Å². The van der Waals surface area contributed by atoms with Gasteiger partial charge in [0.25, 0.3) is 0 Å². The number of aliphatic hydroxyl groups is 1. The van der Waals surface area contributed by atoms with Crippen molar-refractivity contribution in [2.45, 2.75) is 38.1 Å². The lowest BCUT2D eigenvalue weighted by molar-refractivity contribution is -0.151. The van der Waals surface area contributed by atoms with Crippen molar-refractivity contribution in [3.05, 3.63) is 0 Å². The molecular weight excluding hydrogens is 238 g/mol. The Kier molecular flexibility index (Phi) is 6.30. The lowest BCUT2D eigenvalue weighted by Crippen LogP contribution is -2.52. The molecule has 1 aliphatic rings. The number of hydrogen-bond donors (Lipinski definition) is 2. The van der Waals surface area contributed by atoms with Crippen molar-refractivity contribution in [3.8, 4) is 0 Å². The number of ether oxygens (including phenoxy) is 1. The number of aliphatic hydroxyl groups excluding tert-OH is 1. The van der Waals surface area contributed by atoms with Crippen LogP contribution >= 0.6 is 11.8 Å². The van der Waals surface area contributed by atoms with Gasteiger partial charge in [-0.2, -0.15) is 11.8 Å². The van der Waals surface area contributed by atoms with Crippen LogP contribution in [0.15, 0.2) is 0 Å². The largest absolute Gasteiger partial charge is 0.465 e. The van der Waals surface area contributed by atoms with Crippen molar-refractivity contribution in [1.29, 1.82) is 0 Å². The normalized spacial score (nSPS) is 28.3. The number of hydrogen-bond acceptors (Lipinski definition) is 5. The zero-order valence-corrected chi connectivity index (χ0v) is 11.3. The van der Waals surface area contributed by atoms with Crippen LogP contribution in [0.3, 0.4) is 0 Å². The summed E-state index contributed by atoms with van der Waals surface area (Å²) < 4.78 is 5.08. The summed E-state index contributed by atoms with van der Waals surface area (Å²) in [4.78, 5) is 11.9. The minimum atomic E-state index is -0.768.